The van der Waals surface area contributed by atoms with Crippen molar-refractivity contribution in [3.63, 3.8) is 0 Å². The molecule has 106 valence electrons. The van der Waals surface area contributed by atoms with Crippen LogP contribution < -0.4 is 5.32 Å². The lowest BCUT2D eigenvalue weighted by Gasteiger charge is -2.28. The summed E-state index contributed by atoms with van der Waals surface area (Å²) >= 11 is 0. The topological polar surface area (TPSA) is 76.4 Å². The summed E-state index contributed by atoms with van der Waals surface area (Å²) in [4.78, 5) is 13.5. The average Bonchev–Trinajstić information content (AvgIpc) is 2.86. The number of rotatable bonds is 3. The molecule has 1 fully saturated rings. The van der Waals surface area contributed by atoms with Gasteiger partial charge in [0.05, 0.1) is 23.8 Å². The van der Waals surface area contributed by atoms with Gasteiger partial charge in [-0.1, -0.05) is 12.8 Å². The van der Waals surface area contributed by atoms with Gasteiger partial charge in [-0.3, -0.25) is 0 Å². The lowest BCUT2D eigenvalue weighted by molar-refractivity contribution is 0.0262. The number of carbonyl (C=O) groups excluding carboxylic acids is 1. The zero-order chi connectivity index (χ0) is 14.6. The molecule has 0 spiro atoms. The van der Waals surface area contributed by atoms with Crippen LogP contribution in [0.25, 0.3) is 0 Å². The van der Waals surface area contributed by atoms with Crippen molar-refractivity contribution in [1.82, 2.24) is 4.90 Å². The van der Waals surface area contributed by atoms with E-state index in [0.717, 1.165) is 25.7 Å². The highest BCUT2D eigenvalue weighted by atomic mass is 16.3. The first-order valence-electron chi connectivity index (χ1n) is 6.77. The number of aliphatic hydroxyl groups is 1. The number of carbonyl (C=O) groups is 1. The van der Waals surface area contributed by atoms with Crippen molar-refractivity contribution in [2.75, 3.05) is 18.9 Å². The molecule has 0 bridgehead atoms. The number of benzene rings is 1. The maximum Gasteiger partial charge on any atom is 0.321 e. The molecular weight excluding hydrogens is 254 g/mol. The Morgan fingerprint density at radius 1 is 1.40 bits per heavy atom. The maximum absolute atomic E-state index is 12.0. The van der Waals surface area contributed by atoms with Gasteiger partial charge in [-0.2, -0.15) is 5.26 Å². The SMILES string of the molecule is CN(CC1(O)CCCC1)C(=O)Nc1ccc(C#N)cc1. The van der Waals surface area contributed by atoms with Crippen molar-refractivity contribution in [3.8, 4) is 6.07 Å². The van der Waals surface area contributed by atoms with E-state index in [-0.39, 0.29) is 6.03 Å². The van der Waals surface area contributed by atoms with Crippen LogP contribution in [0.1, 0.15) is 31.2 Å². The third kappa shape index (κ3) is 3.49. The molecule has 0 radical (unpaired) electrons. The molecule has 5 nitrogen and oxygen atoms in total. The van der Waals surface area contributed by atoms with Gasteiger partial charge in [0.1, 0.15) is 0 Å². The predicted molar refractivity (Wildman–Crippen MR) is 76.2 cm³/mol. The first kappa shape index (κ1) is 14.4. The molecule has 0 aromatic heterocycles. The number of nitrogens with zero attached hydrogens (tertiary/aromatic N) is 2. The Morgan fingerprint density at radius 3 is 2.55 bits per heavy atom. The van der Waals surface area contributed by atoms with Gasteiger partial charge in [-0.15, -0.1) is 0 Å². The minimum absolute atomic E-state index is 0.255. The second kappa shape index (κ2) is 5.93. The van der Waals surface area contributed by atoms with E-state index in [0.29, 0.717) is 17.8 Å². The molecule has 1 aromatic rings. The molecule has 0 unspecified atom stereocenters. The molecule has 0 aliphatic heterocycles. The van der Waals surface area contributed by atoms with E-state index in [1.165, 1.54) is 4.90 Å². The summed E-state index contributed by atoms with van der Waals surface area (Å²) < 4.78 is 0. The van der Waals surface area contributed by atoms with Gasteiger partial charge in [0.15, 0.2) is 0 Å². The van der Waals surface area contributed by atoms with Crippen LogP contribution in [0.15, 0.2) is 24.3 Å². The van der Waals surface area contributed by atoms with Crippen LogP contribution in [0.4, 0.5) is 10.5 Å². The number of hydrogen-bond donors (Lipinski definition) is 2. The minimum Gasteiger partial charge on any atom is -0.388 e. The first-order chi connectivity index (χ1) is 9.52. The highest BCUT2D eigenvalue weighted by Crippen LogP contribution is 2.30. The Balaban J connectivity index is 1.91. The highest BCUT2D eigenvalue weighted by Gasteiger charge is 2.33. The van der Waals surface area contributed by atoms with Gasteiger partial charge in [-0.25, -0.2) is 4.79 Å². The molecule has 2 N–H and O–H groups in total. The standard InChI is InChI=1S/C15H19N3O2/c1-18(11-15(20)8-2-3-9-15)14(19)17-13-6-4-12(10-16)5-7-13/h4-7,20H,2-3,8-9,11H2,1H3,(H,17,19). The Bertz CT molecular complexity index is 513. The smallest absolute Gasteiger partial charge is 0.321 e. The molecule has 5 heteroatoms. The van der Waals surface area contributed by atoms with Gasteiger partial charge in [0, 0.05) is 12.7 Å². The average molecular weight is 273 g/mol. The third-order valence-electron chi connectivity index (χ3n) is 3.68. The summed E-state index contributed by atoms with van der Waals surface area (Å²) in [7, 11) is 1.68. The van der Waals surface area contributed by atoms with Crippen molar-refractivity contribution in [1.29, 1.82) is 5.26 Å². The van der Waals surface area contributed by atoms with E-state index in [1.807, 2.05) is 6.07 Å². The molecule has 2 rings (SSSR count). The number of nitrogens with one attached hydrogen (secondary N) is 1. The largest absolute Gasteiger partial charge is 0.388 e. The number of hydrogen-bond acceptors (Lipinski definition) is 3. The minimum atomic E-state index is -0.739. The van der Waals surface area contributed by atoms with Crippen molar-refractivity contribution >= 4 is 11.7 Å². The van der Waals surface area contributed by atoms with Crippen LogP contribution in [-0.2, 0) is 0 Å². The van der Waals surface area contributed by atoms with E-state index in [1.54, 1.807) is 31.3 Å². The molecule has 1 saturated carbocycles. The van der Waals surface area contributed by atoms with E-state index in [4.69, 9.17) is 5.26 Å². The molecule has 0 heterocycles. The maximum atomic E-state index is 12.0. The van der Waals surface area contributed by atoms with Crippen LogP contribution in [0.3, 0.4) is 0 Å². The van der Waals surface area contributed by atoms with Crippen molar-refractivity contribution in [2.45, 2.75) is 31.3 Å². The Kier molecular flexibility index (Phi) is 4.26. The van der Waals surface area contributed by atoms with Crippen LogP contribution in [0, 0.1) is 11.3 Å². The van der Waals surface area contributed by atoms with Crippen LogP contribution >= 0.6 is 0 Å². The Hall–Kier alpha value is -2.06. The molecule has 2 amide bonds. The molecule has 1 aliphatic rings. The van der Waals surface area contributed by atoms with Crippen molar-refractivity contribution in [2.24, 2.45) is 0 Å². The quantitative estimate of drug-likeness (QED) is 0.887. The number of nitriles is 1. The monoisotopic (exact) mass is 273 g/mol. The zero-order valence-electron chi connectivity index (χ0n) is 11.6. The third-order valence-corrected chi connectivity index (χ3v) is 3.68. The van der Waals surface area contributed by atoms with Crippen molar-refractivity contribution < 1.29 is 9.90 Å². The van der Waals surface area contributed by atoms with E-state index >= 15 is 0 Å². The summed E-state index contributed by atoms with van der Waals surface area (Å²) in [5.41, 5.74) is 0.451. The van der Waals surface area contributed by atoms with Gasteiger partial charge >= 0.3 is 6.03 Å². The molecule has 20 heavy (non-hydrogen) atoms. The van der Waals surface area contributed by atoms with Gasteiger partial charge < -0.3 is 15.3 Å². The lowest BCUT2D eigenvalue weighted by Crippen LogP contribution is -2.43. The Labute approximate surface area is 118 Å². The number of urea groups is 1. The van der Waals surface area contributed by atoms with E-state index in [9.17, 15) is 9.90 Å². The summed E-state index contributed by atoms with van der Waals surface area (Å²) in [6, 6.07) is 8.46. The van der Waals surface area contributed by atoms with Crippen molar-refractivity contribution in [3.05, 3.63) is 29.8 Å². The number of amides is 2. The second-order valence-corrected chi connectivity index (χ2v) is 5.41. The summed E-state index contributed by atoms with van der Waals surface area (Å²) in [6.07, 6.45) is 3.53. The van der Waals surface area contributed by atoms with Crippen LogP contribution in [-0.4, -0.2) is 35.2 Å². The van der Waals surface area contributed by atoms with Gasteiger partial charge in [-0.05, 0) is 37.1 Å². The number of likely N-dealkylation sites (N-methyl/N-ethyl adjacent to an activating group) is 1. The fourth-order valence-electron chi connectivity index (χ4n) is 2.55. The molecular formula is C15H19N3O2. The van der Waals surface area contributed by atoms with Gasteiger partial charge in [0.2, 0.25) is 0 Å². The fraction of sp³-hybridized carbons (Fsp3) is 0.467. The zero-order valence-corrected chi connectivity index (χ0v) is 11.6. The number of anilines is 1. The van der Waals surface area contributed by atoms with E-state index < -0.39 is 5.60 Å². The first-order valence-corrected chi connectivity index (χ1v) is 6.77. The van der Waals surface area contributed by atoms with Crippen LogP contribution in [0.2, 0.25) is 0 Å². The predicted octanol–water partition coefficient (Wildman–Crippen LogP) is 2.33. The normalized spacial score (nSPS) is 16.4. The van der Waals surface area contributed by atoms with Crippen LogP contribution in [0.5, 0.6) is 0 Å². The summed E-state index contributed by atoms with van der Waals surface area (Å²) in [6.45, 7) is 0.342. The molecule has 1 aromatic carbocycles. The van der Waals surface area contributed by atoms with Gasteiger partial charge in [0.25, 0.3) is 0 Å². The lowest BCUT2D eigenvalue weighted by atomic mass is 10.0. The molecule has 0 atom stereocenters. The summed E-state index contributed by atoms with van der Waals surface area (Å²) in [5.74, 6) is 0. The fourth-order valence-corrected chi connectivity index (χ4v) is 2.55. The van der Waals surface area contributed by atoms with E-state index in [2.05, 4.69) is 5.32 Å². The molecule has 1 aliphatic carbocycles. The second-order valence-electron chi connectivity index (χ2n) is 5.41. The molecule has 0 saturated heterocycles. The Morgan fingerprint density at radius 2 is 2.00 bits per heavy atom. The highest BCUT2D eigenvalue weighted by molar-refractivity contribution is 5.89. The summed E-state index contributed by atoms with van der Waals surface area (Å²) in [5, 5.41) is 21.8.